The van der Waals surface area contributed by atoms with E-state index in [9.17, 15) is 0 Å². The number of guanidine groups is 1. The topological polar surface area (TPSA) is 48.9 Å². The Morgan fingerprint density at radius 2 is 2.00 bits per heavy atom. The Kier molecular flexibility index (Phi) is 12.6. The fraction of sp³-hybridized carbons (Fsp3) is 0.929. The van der Waals surface area contributed by atoms with Gasteiger partial charge in [-0.1, -0.05) is 6.92 Å². The van der Waals surface area contributed by atoms with Gasteiger partial charge in [-0.15, -0.1) is 24.0 Å². The number of hydrogen-bond acceptors (Lipinski definition) is 3. The Bertz CT molecular complexity index is 258. The van der Waals surface area contributed by atoms with Crippen molar-refractivity contribution >= 4 is 29.9 Å². The molecule has 6 heteroatoms. The third kappa shape index (κ3) is 8.97. The molecule has 1 saturated heterocycles. The monoisotopic (exact) mass is 398 g/mol. The van der Waals surface area contributed by atoms with Gasteiger partial charge in [0.25, 0.3) is 0 Å². The molecule has 1 unspecified atom stereocenters. The van der Waals surface area contributed by atoms with E-state index < -0.39 is 0 Å². The van der Waals surface area contributed by atoms with Gasteiger partial charge in [-0.3, -0.25) is 9.89 Å². The van der Waals surface area contributed by atoms with Crippen LogP contribution in [0, 0.1) is 0 Å². The van der Waals surface area contributed by atoms with E-state index in [1.807, 2.05) is 7.05 Å². The summed E-state index contributed by atoms with van der Waals surface area (Å²) in [6.07, 6.45) is 3.52. The van der Waals surface area contributed by atoms with Crippen molar-refractivity contribution in [3.05, 3.63) is 0 Å². The lowest BCUT2D eigenvalue weighted by atomic mass is 10.2. The van der Waals surface area contributed by atoms with E-state index in [1.165, 1.54) is 19.4 Å². The van der Waals surface area contributed by atoms with E-state index in [2.05, 4.69) is 34.4 Å². The second-order valence-electron chi connectivity index (χ2n) is 5.11. The molecular formula is C14H31IN4O. The largest absolute Gasteiger partial charge is 0.379 e. The van der Waals surface area contributed by atoms with E-state index in [0.29, 0.717) is 6.04 Å². The van der Waals surface area contributed by atoms with Gasteiger partial charge in [0, 0.05) is 32.7 Å². The Labute approximate surface area is 140 Å². The summed E-state index contributed by atoms with van der Waals surface area (Å²) in [7, 11) is 1.82. The minimum Gasteiger partial charge on any atom is -0.379 e. The molecule has 0 amide bonds. The molecule has 1 fully saturated rings. The molecule has 1 rings (SSSR count). The molecule has 120 valence electrons. The van der Waals surface area contributed by atoms with Crippen LogP contribution in [0.5, 0.6) is 0 Å². The first-order valence-electron chi connectivity index (χ1n) is 7.53. The Hall–Kier alpha value is -0.0800. The third-order valence-corrected chi connectivity index (χ3v) is 3.52. The molecule has 1 aliphatic heterocycles. The molecule has 5 nitrogen and oxygen atoms in total. The van der Waals surface area contributed by atoms with E-state index in [4.69, 9.17) is 4.74 Å². The second kappa shape index (κ2) is 12.6. The fourth-order valence-corrected chi connectivity index (χ4v) is 2.02. The number of unbranched alkanes of at least 4 members (excludes halogenated alkanes) is 1. The van der Waals surface area contributed by atoms with Crippen LogP contribution in [-0.2, 0) is 4.74 Å². The van der Waals surface area contributed by atoms with Crippen molar-refractivity contribution in [1.82, 2.24) is 15.5 Å². The summed E-state index contributed by atoms with van der Waals surface area (Å²) in [6.45, 7) is 10.5. The first-order chi connectivity index (χ1) is 9.26. The molecule has 0 saturated carbocycles. The van der Waals surface area contributed by atoms with Crippen molar-refractivity contribution in [3.63, 3.8) is 0 Å². The van der Waals surface area contributed by atoms with Gasteiger partial charge in [0.15, 0.2) is 5.96 Å². The minimum atomic E-state index is 0. The zero-order chi connectivity index (χ0) is 13.9. The molecule has 0 aromatic rings. The molecule has 0 aliphatic carbocycles. The molecule has 1 aliphatic rings. The maximum Gasteiger partial charge on any atom is 0.191 e. The van der Waals surface area contributed by atoms with Crippen LogP contribution < -0.4 is 10.6 Å². The predicted octanol–water partition coefficient (Wildman–Crippen LogP) is 1.68. The summed E-state index contributed by atoms with van der Waals surface area (Å²) < 4.78 is 5.34. The highest BCUT2D eigenvalue weighted by Gasteiger charge is 2.09. The molecule has 0 radical (unpaired) electrons. The number of hydrogen-bond donors (Lipinski definition) is 2. The van der Waals surface area contributed by atoms with Gasteiger partial charge >= 0.3 is 0 Å². The number of halogens is 1. The van der Waals surface area contributed by atoms with Gasteiger partial charge in [-0.05, 0) is 32.7 Å². The van der Waals surface area contributed by atoms with Gasteiger partial charge in [0.05, 0.1) is 13.2 Å². The molecule has 1 heterocycles. The normalized spacial score (nSPS) is 18.2. The van der Waals surface area contributed by atoms with Crippen molar-refractivity contribution < 1.29 is 4.74 Å². The first kappa shape index (κ1) is 19.9. The smallest absolute Gasteiger partial charge is 0.191 e. The Morgan fingerprint density at radius 1 is 1.30 bits per heavy atom. The molecule has 0 aromatic heterocycles. The number of nitrogens with zero attached hydrogens (tertiary/aromatic N) is 2. The van der Waals surface area contributed by atoms with Crippen molar-refractivity contribution in [3.8, 4) is 0 Å². The Morgan fingerprint density at radius 3 is 2.60 bits per heavy atom. The van der Waals surface area contributed by atoms with Crippen molar-refractivity contribution in [1.29, 1.82) is 0 Å². The number of ether oxygens (including phenoxy) is 1. The zero-order valence-electron chi connectivity index (χ0n) is 13.2. The molecule has 0 bridgehead atoms. The van der Waals surface area contributed by atoms with Gasteiger partial charge in [0.1, 0.15) is 0 Å². The molecule has 20 heavy (non-hydrogen) atoms. The van der Waals surface area contributed by atoms with Crippen LogP contribution in [0.2, 0.25) is 0 Å². The number of nitrogens with one attached hydrogen (secondary N) is 2. The Balaban J connectivity index is 0.00000361. The maximum atomic E-state index is 5.34. The average Bonchev–Trinajstić information content (AvgIpc) is 2.46. The molecule has 2 N–H and O–H groups in total. The van der Waals surface area contributed by atoms with Gasteiger partial charge in [0.2, 0.25) is 0 Å². The zero-order valence-corrected chi connectivity index (χ0v) is 15.5. The van der Waals surface area contributed by atoms with E-state index in [0.717, 1.165) is 45.2 Å². The number of aliphatic imine (C=N–C) groups is 1. The summed E-state index contributed by atoms with van der Waals surface area (Å²) in [5.41, 5.74) is 0. The lowest BCUT2D eigenvalue weighted by Gasteiger charge is -2.26. The summed E-state index contributed by atoms with van der Waals surface area (Å²) in [5, 5.41) is 6.74. The number of morpholine rings is 1. The van der Waals surface area contributed by atoms with Crippen LogP contribution in [0.1, 0.15) is 33.1 Å². The summed E-state index contributed by atoms with van der Waals surface area (Å²) in [5.74, 6) is 0.917. The van der Waals surface area contributed by atoms with E-state index in [-0.39, 0.29) is 24.0 Å². The van der Waals surface area contributed by atoms with Gasteiger partial charge in [-0.25, -0.2) is 0 Å². The lowest BCUT2D eigenvalue weighted by Crippen LogP contribution is -2.42. The quantitative estimate of drug-likeness (QED) is 0.297. The summed E-state index contributed by atoms with van der Waals surface area (Å²) in [4.78, 5) is 6.71. The van der Waals surface area contributed by atoms with Crippen LogP contribution in [0.4, 0.5) is 0 Å². The third-order valence-electron chi connectivity index (χ3n) is 3.52. The summed E-state index contributed by atoms with van der Waals surface area (Å²) >= 11 is 0. The van der Waals surface area contributed by atoms with E-state index >= 15 is 0 Å². The SMILES string of the molecule is CCC(C)NC(=NC)NCCCCN1CCOCC1.I. The molecule has 1 atom stereocenters. The van der Waals surface area contributed by atoms with Crippen LogP contribution in [-0.4, -0.2) is 63.3 Å². The highest BCUT2D eigenvalue weighted by atomic mass is 127. The first-order valence-corrected chi connectivity index (χ1v) is 7.53. The fourth-order valence-electron chi connectivity index (χ4n) is 2.02. The summed E-state index contributed by atoms with van der Waals surface area (Å²) in [6, 6.07) is 0.472. The molecule has 0 aromatic carbocycles. The second-order valence-corrected chi connectivity index (χ2v) is 5.11. The van der Waals surface area contributed by atoms with Crippen molar-refractivity contribution in [2.45, 2.75) is 39.2 Å². The highest BCUT2D eigenvalue weighted by molar-refractivity contribution is 14.0. The van der Waals surface area contributed by atoms with Crippen LogP contribution in [0.15, 0.2) is 4.99 Å². The highest BCUT2D eigenvalue weighted by Crippen LogP contribution is 1.99. The van der Waals surface area contributed by atoms with Crippen LogP contribution in [0.25, 0.3) is 0 Å². The van der Waals surface area contributed by atoms with Gasteiger partial charge < -0.3 is 15.4 Å². The van der Waals surface area contributed by atoms with Crippen molar-refractivity contribution in [2.24, 2.45) is 4.99 Å². The minimum absolute atomic E-state index is 0. The van der Waals surface area contributed by atoms with Crippen LogP contribution >= 0.6 is 24.0 Å². The predicted molar refractivity (Wildman–Crippen MR) is 96.2 cm³/mol. The average molecular weight is 398 g/mol. The maximum absolute atomic E-state index is 5.34. The van der Waals surface area contributed by atoms with Crippen molar-refractivity contribution in [2.75, 3.05) is 46.4 Å². The van der Waals surface area contributed by atoms with Gasteiger partial charge in [-0.2, -0.15) is 0 Å². The van der Waals surface area contributed by atoms with Crippen LogP contribution in [0.3, 0.4) is 0 Å². The molecular weight excluding hydrogens is 367 g/mol. The standard InChI is InChI=1S/C14H30N4O.HI/c1-4-13(2)17-14(15-3)16-7-5-6-8-18-9-11-19-12-10-18;/h13H,4-12H2,1-3H3,(H2,15,16,17);1H. The molecule has 0 spiro atoms. The van der Waals surface area contributed by atoms with E-state index in [1.54, 1.807) is 0 Å². The number of rotatable bonds is 7. The lowest BCUT2D eigenvalue weighted by molar-refractivity contribution is 0.0372.